The largest absolute Gasteiger partial charge is 0.281 e. The summed E-state index contributed by atoms with van der Waals surface area (Å²) in [6.07, 6.45) is 0. The monoisotopic (exact) mass is 442 g/mol. The van der Waals surface area contributed by atoms with E-state index in [2.05, 4.69) is 5.10 Å². The Morgan fingerprint density at radius 3 is 2.60 bits per heavy atom. The third-order valence-electron chi connectivity index (χ3n) is 4.79. The van der Waals surface area contributed by atoms with E-state index < -0.39 is 0 Å². The molecule has 5 nitrogen and oxygen atoms in total. The van der Waals surface area contributed by atoms with Crippen LogP contribution < -0.4 is 5.56 Å². The van der Waals surface area contributed by atoms with Gasteiger partial charge in [0.05, 0.1) is 12.2 Å². The number of thioether (sulfide) groups is 1. The summed E-state index contributed by atoms with van der Waals surface area (Å²) >= 11 is 7.41. The van der Waals surface area contributed by atoms with E-state index in [9.17, 15) is 9.18 Å². The standard InChI is InChI=1S/C22H20ClFN4OS/c1-3-28-20-19(14(2)26-28)25-22(30-13-16-5-4-6-18(24)11-16)27(21(20)29)12-15-7-9-17(23)10-8-15/h4-11H,3,12-13H2,1-2H3. The molecule has 0 atom stereocenters. The lowest BCUT2D eigenvalue weighted by molar-refractivity contribution is 0.626. The molecule has 0 aliphatic rings. The average molecular weight is 443 g/mol. The second-order valence-corrected chi connectivity index (χ2v) is 8.31. The zero-order valence-electron chi connectivity index (χ0n) is 16.6. The fourth-order valence-corrected chi connectivity index (χ4v) is 4.37. The predicted molar refractivity (Wildman–Crippen MR) is 119 cm³/mol. The summed E-state index contributed by atoms with van der Waals surface area (Å²) in [6.45, 7) is 4.74. The Balaban J connectivity index is 1.80. The highest BCUT2D eigenvalue weighted by Gasteiger charge is 2.18. The van der Waals surface area contributed by atoms with E-state index in [-0.39, 0.29) is 11.4 Å². The highest BCUT2D eigenvalue weighted by Crippen LogP contribution is 2.24. The molecular formula is C22H20ClFN4OS. The SMILES string of the molecule is CCn1nc(C)c2nc(SCc3cccc(F)c3)n(Cc3ccc(Cl)cc3)c(=O)c21. The van der Waals surface area contributed by atoms with Gasteiger partial charge in [0, 0.05) is 17.3 Å². The van der Waals surface area contributed by atoms with Gasteiger partial charge in [-0.2, -0.15) is 5.10 Å². The van der Waals surface area contributed by atoms with Gasteiger partial charge in [0.15, 0.2) is 10.7 Å². The molecule has 4 aromatic rings. The van der Waals surface area contributed by atoms with Crippen LogP contribution in [0.3, 0.4) is 0 Å². The van der Waals surface area contributed by atoms with Gasteiger partial charge in [-0.25, -0.2) is 9.37 Å². The van der Waals surface area contributed by atoms with Gasteiger partial charge in [-0.15, -0.1) is 0 Å². The molecule has 8 heteroatoms. The van der Waals surface area contributed by atoms with Crippen molar-refractivity contribution in [3.63, 3.8) is 0 Å². The molecule has 2 aromatic carbocycles. The van der Waals surface area contributed by atoms with Gasteiger partial charge >= 0.3 is 0 Å². The molecule has 0 N–H and O–H groups in total. The molecule has 2 heterocycles. The van der Waals surface area contributed by atoms with E-state index in [1.807, 2.05) is 32.0 Å². The van der Waals surface area contributed by atoms with Crippen LogP contribution in [-0.4, -0.2) is 19.3 Å². The van der Waals surface area contributed by atoms with Crippen LogP contribution in [0, 0.1) is 12.7 Å². The normalized spacial score (nSPS) is 11.3. The average Bonchev–Trinajstić information content (AvgIpc) is 3.06. The van der Waals surface area contributed by atoms with Gasteiger partial charge in [-0.05, 0) is 49.2 Å². The Kier molecular flexibility index (Phi) is 5.92. The first-order valence-corrected chi connectivity index (χ1v) is 10.9. The number of halogens is 2. The summed E-state index contributed by atoms with van der Waals surface area (Å²) in [4.78, 5) is 18.2. The van der Waals surface area contributed by atoms with E-state index in [1.165, 1.54) is 23.9 Å². The maximum atomic E-state index is 13.6. The third-order valence-corrected chi connectivity index (χ3v) is 6.09. The number of fused-ring (bicyclic) bond motifs is 1. The second-order valence-electron chi connectivity index (χ2n) is 6.93. The first-order chi connectivity index (χ1) is 14.5. The molecule has 0 radical (unpaired) electrons. The Morgan fingerprint density at radius 1 is 1.13 bits per heavy atom. The molecule has 0 saturated carbocycles. The van der Waals surface area contributed by atoms with Crippen molar-refractivity contribution >= 4 is 34.4 Å². The highest BCUT2D eigenvalue weighted by molar-refractivity contribution is 7.98. The summed E-state index contributed by atoms with van der Waals surface area (Å²) in [6, 6.07) is 13.8. The number of nitrogens with zero attached hydrogens (tertiary/aromatic N) is 4. The maximum absolute atomic E-state index is 13.6. The fourth-order valence-electron chi connectivity index (χ4n) is 3.31. The Morgan fingerprint density at radius 2 is 1.90 bits per heavy atom. The number of hydrogen-bond acceptors (Lipinski definition) is 4. The lowest BCUT2D eigenvalue weighted by atomic mass is 10.2. The van der Waals surface area contributed by atoms with E-state index in [0.29, 0.717) is 40.1 Å². The van der Waals surface area contributed by atoms with Crippen LogP contribution in [0.4, 0.5) is 4.39 Å². The van der Waals surface area contributed by atoms with Gasteiger partial charge < -0.3 is 0 Å². The van der Waals surface area contributed by atoms with Crippen LogP contribution in [0.15, 0.2) is 58.5 Å². The summed E-state index contributed by atoms with van der Waals surface area (Å²) in [7, 11) is 0. The molecule has 154 valence electrons. The number of aromatic nitrogens is 4. The van der Waals surface area contributed by atoms with E-state index in [0.717, 1.165) is 16.8 Å². The summed E-state index contributed by atoms with van der Waals surface area (Å²) in [5, 5.41) is 5.68. The van der Waals surface area contributed by atoms with Crippen LogP contribution in [-0.2, 0) is 18.8 Å². The van der Waals surface area contributed by atoms with Gasteiger partial charge in [-0.1, -0.05) is 47.6 Å². The van der Waals surface area contributed by atoms with E-state index in [1.54, 1.807) is 27.4 Å². The first kappa shape index (κ1) is 20.6. The zero-order chi connectivity index (χ0) is 21.3. The number of hydrogen-bond donors (Lipinski definition) is 0. The van der Waals surface area contributed by atoms with Crippen molar-refractivity contribution in [3.8, 4) is 0 Å². The highest BCUT2D eigenvalue weighted by atomic mass is 35.5. The fraction of sp³-hybridized carbons (Fsp3) is 0.227. The third kappa shape index (κ3) is 4.13. The van der Waals surface area contributed by atoms with Crippen molar-refractivity contribution < 1.29 is 4.39 Å². The summed E-state index contributed by atoms with van der Waals surface area (Å²) < 4.78 is 16.9. The molecule has 0 spiro atoms. The van der Waals surface area contributed by atoms with Crippen LogP contribution in [0.1, 0.15) is 23.7 Å². The van der Waals surface area contributed by atoms with Crippen molar-refractivity contribution in [2.24, 2.45) is 0 Å². The molecule has 30 heavy (non-hydrogen) atoms. The quantitative estimate of drug-likeness (QED) is 0.309. The number of rotatable bonds is 6. The smallest absolute Gasteiger partial charge is 0.280 e. The van der Waals surface area contributed by atoms with Gasteiger partial charge in [0.2, 0.25) is 0 Å². The number of benzene rings is 2. The number of aryl methyl sites for hydroxylation is 2. The molecule has 0 fully saturated rings. The van der Waals surface area contributed by atoms with E-state index >= 15 is 0 Å². The lowest BCUT2D eigenvalue weighted by Gasteiger charge is -2.13. The molecule has 4 rings (SSSR count). The first-order valence-electron chi connectivity index (χ1n) is 9.56. The van der Waals surface area contributed by atoms with Crippen molar-refractivity contribution in [3.05, 3.63) is 86.5 Å². The van der Waals surface area contributed by atoms with Crippen LogP contribution in [0.2, 0.25) is 5.02 Å². The van der Waals surface area contributed by atoms with Crippen LogP contribution >= 0.6 is 23.4 Å². The Bertz CT molecular complexity index is 1270. The Hall–Kier alpha value is -2.64. The molecule has 0 aliphatic heterocycles. The summed E-state index contributed by atoms with van der Waals surface area (Å²) in [5.41, 5.74) is 3.45. The molecule has 2 aromatic heterocycles. The minimum Gasteiger partial charge on any atom is -0.281 e. The van der Waals surface area contributed by atoms with Crippen LogP contribution in [0.25, 0.3) is 11.0 Å². The molecule has 0 bridgehead atoms. The molecule has 0 unspecified atom stereocenters. The Labute approximate surface area is 182 Å². The zero-order valence-corrected chi connectivity index (χ0v) is 18.2. The second kappa shape index (κ2) is 8.62. The molecular weight excluding hydrogens is 423 g/mol. The molecule has 0 saturated heterocycles. The lowest BCUT2D eigenvalue weighted by Crippen LogP contribution is -2.25. The van der Waals surface area contributed by atoms with Gasteiger partial charge in [0.1, 0.15) is 11.3 Å². The summed E-state index contributed by atoms with van der Waals surface area (Å²) in [5.74, 6) is 0.215. The van der Waals surface area contributed by atoms with Gasteiger partial charge in [-0.3, -0.25) is 14.0 Å². The molecule has 0 aliphatic carbocycles. The minimum absolute atomic E-state index is 0.140. The van der Waals surface area contributed by atoms with E-state index in [4.69, 9.17) is 16.6 Å². The predicted octanol–water partition coefficient (Wildman–Crippen LogP) is 5.05. The maximum Gasteiger partial charge on any atom is 0.280 e. The van der Waals surface area contributed by atoms with Crippen molar-refractivity contribution in [1.29, 1.82) is 0 Å². The topological polar surface area (TPSA) is 52.7 Å². The van der Waals surface area contributed by atoms with Crippen molar-refractivity contribution in [2.45, 2.75) is 37.8 Å². The van der Waals surface area contributed by atoms with Crippen LogP contribution in [0.5, 0.6) is 0 Å². The minimum atomic E-state index is -0.282. The van der Waals surface area contributed by atoms with Crippen molar-refractivity contribution in [2.75, 3.05) is 0 Å². The van der Waals surface area contributed by atoms with Gasteiger partial charge in [0.25, 0.3) is 5.56 Å². The van der Waals surface area contributed by atoms with Crippen molar-refractivity contribution in [1.82, 2.24) is 19.3 Å². The molecule has 0 amide bonds.